The Kier molecular flexibility index (Phi) is 3.20. The lowest BCUT2D eigenvalue weighted by molar-refractivity contribution is -0.110. The van der Waals surface area contributed by atoms with Crippen molar-refractivity contribution in [3.63, 3.8) is 0 Å². The molecule has 1 aliphatic heterocycles. The summed E-state index contributed by atoms with van der Waals surface area (Å²) in [5.74, 6) is -1.26. The van der Waals surface area contributed by atoms with Crippen LogP contribution in [-0.4, -0.2) is 17.8 Å². The summed E-state index contributed by atoms with van der Waals surface area (Å²) in [4.78, 5) is 15.4. The summed E-state index contributed by atoms with van der Waals surface area (Å²) in [6, 6.07) is 3.80. The van der Waals surface area contributed by atoms with E-state index in [0.717, 1.165) is 36.8 Å². The second-order valence-corrected chi connectivity index (χ2v) is 6.31. The van der Waals surface area contributed by atoms with Gasteiger partial charge in [-0.1, -0.05) is 12.1 Å². The standard InChI is InChI=1S/C18H15F3N2O/c19-18(20,21)16-22-15-13-4-2-1-3-11(13)5-6-14(15)17(23-16)9-7-12(24)8-10-17/h5-10H,1-4H2,(H,22,23). The van der Waals surface area contributed by atoms with E-state index < -0.39 is 17.6 Å². The molecule has 3 aliphatic rings. The number of hydrogen-bond donors (Lipinski definition) is 1. The summed E-state index contributed by atoms with van der Waals surface area (Å²) in [5.41, 5.74) is 1.92. The summed E-state index contributed by atoms with van der Waals surface area (Å²) in [6.07, 6.45) is 4.53. The maximum absolute atomic E-state index is 13.4. The minimum Gasteiger partial charge on any atom is -0.336 e. The van der Waals surface area contributed by atoms with Crippen molar-refractivity contribution in [3.05, 3.63) is 53.1 Å². The number of nitrogens with zero attached hydrogens (tertiary/aromatic N) is 1. The minimum atomic E-state index is -4.58. The van der Waals surface area contributed by atoms with Gasteiger partial charge in [0.25, 0.3) is 0 Å². The maximum Gasteiger partial charge on any atom is 0.449 e. The van der Waals surface area contributed by atoms with Crippen LogP contribution in [0.1, 0.15) is 29.5 Å². The number of anilines is 1. The Labute approximate surface area is 137 Å². The van der Waals surface area contributed by atoms with Crippen LogP contribution in [0.15, 0.2) is 41.4 Å². The van der Waals surface area contributed by atoms with Gasteiger partial charge in [0, 0.05) is 11.3 Å². The zero-order valence-electron chi connectivity index (χ0n) is 12.8. The highest BCUT2D eigenvalue weighted by molar-refractivity contribution is 6.05. The first-order chi connectivity index (χ1) is 11.4. The molecule has 1 heterocycles. The van der Waals surface area contributed by atoms with E-state index in [9.17, 15) is 18.0 Å². The molecule has 0 fully saturated rings. The molecule has 0 saturated carbocycles. The van der Waals surface area contributed by atoms with Gasteiger partial charge in [0.15, 0.2) is 5.78 Å². The Morgan fingerprint density at radius 2 is 1.79 bits per heavy atom. The van der Waals surface area contributed by atoms with Crippen molar-refractivity contribution >= 4 is 17.3 Å². The van der Waals surface area contributed by atoms with E-state index in [1.165, 1.54) is 24.3 Å². The number of halogens is 3. The molecule has 0 bridgehead atoms. The van der Waals surface area contributed by atoms with Gasteiger partial charge in [-0.25, -0.2) is 4.99 Å². The van der Waals surface area contributed by atoms with Crippen molar-refractivity contribution in [1.29, 1.82) is 0 Å². The molecule has 4 rings (SSSR count). The number of hydrogen-bond acceptors (Lipinski definition) is 3. The fourth-order valence-corrected chi connectivity index (χ4v) is 3.61. The molecule has 0 radical (unpaired) electrons. The maximum atomic E-state index is 13.4. The molecule has 1 N–H and O–H groups in total. The Hall–Kier alpha value is -2.37. The van der Waals surface area contributed by atoms with Gasteiger partial charge in [-0.3, -0.25) is 4.79 Å². The van der Waals surface area contributed by atoms with Crippen LogP contribution in [0.2, 0.25) is 0 Å². The molecule has 1 aromatic rings. The number of alkyl halides is 3. The highest BCUT2D eigenvalue weighted by atomic mass is 19.4. The van der Waals surface area contributed by atoms with Crippen molar-refractivity contribution in [2.45, 2.75) is 37.4 Å². The van der Waals surface area contributed by atoms with Crippen LogP contribution < -0.4 is 5.32 Å². The number of aryl methyl sites for hydroxylation is 1. The fraction of sp³-hybridized carbons (Fsp3) is 0.333. The van der Waals surface area contributed by atoms with Crippen LogP contribution in [0, 0.1) is 0 Å². The molecule has 0 unspecified atom stereocenters. The number of amidine groups is 1. The van der Waals surface area contributed by atoms with E-state index in [2.05, 4.69) is 10.3 Å². The number of allylic oxidation sites excluding steroid dienone is 2. The molecule has 24 heavy (non-hydrogen) atoms. The number of rotatable bonds is 0. The fourth-order valence-electron chi connectivity index (χ4n) is 3.61. The van der Waals surface area contributed by atoms with Gasteiger partial charge in [0.1, 0.15) is 5.54 Å². The molecule has 0 aromatic heterocycles. The number of fused-ring (bicyclic) bond motifs is 4. The number of aliphatic imine (C=N–C) groups is 1. The van der Waals surface area contributed by atoms with E-state index in [1.807, 2.05) is 12.1 Å². The van der Waals surface area contributed by atoms with Crippen LogP contribution >= 0.6 is 0 Å². The first-order valence-electron chi connectivity index (χ1n) is 7.91. The topological polar surface area (TPSA) is 41.5 Å². The zero-order valence-corrected chi connectivity index (χ0v) is 12.8. The average molecular weight is 332 g/mol. The molecule has 6 heteroatoms. The highest BCUT2D eigenvalue weighted by Crippen LogP contribution is 2.45. The second kappa shape index (κ2) is 5.06. The van der Waals surface area contributed by atoms with Gasteiger partial charge in [0.05, 0.1) is 0 Å². The van der Waals surface area contributed by atoms with Crippen LogP contribution in [0.4, 0.5) is 18.9 Å². The lowest BCUT2D eigenvalue weighted by Crippen LogP contribution is -2.40. The summed E-state index contributed by atoms with van der Waals surface area (Å²) >= 11 is 0. The van der Waals surface area contributed by atoms with Crippen molar-refractivity contribution in [3.8, 4) is 0 Å². The smallest absolute Gasteiger partial charge is 0.336 e. The molecule has 1 spiro atoms. The van der Waals surface area contributed by atoms with Crippen molar-refractivity contribution in [2.75, 3.05) is 5.32 Å². The van der Waals surface area contributed by atoms with Gasteiger partial charge in [-0.2, -0.15) is 13.2 Å². The first-order valence-corrected chi connectivity index (χ1v) is 7.91. The Morgan fingerprint density at radius 3 is 2.50 bits per heavy atom. The molecule has 0 saturated heterocycles. The third kappa shape index (κ3) is 2.28. The van der Waals surface area contributed by atoms with Gasteiger partial charge < -0.3 is 5.32 Å². The van der Waals surface area contributed by atoms with Crippen molar-refractivity contribution in [1.82, 2.24) is 0 Å². The van der Waals surface area contributed by atoms with E-state index in [0.29, 0.717) is 11.3 Å². The third-order valence-corrected chi connectivity index (χ3v) is 4.78. The molecule has 1 aromatic carbocycles. The van der Waals surface area contributed by atoms with Crippen molar-refractivity contribution in [2.24, 2.45) is 4.99 Å². The summed E-state index contributed by atoms with van der Waals surface area (Å²) in [7, 11) is 0. The molecular weight excluding hydrogens is 317 g/mol. The monoisotopic (exact) mass is 332 g/mol. The quantitative estimate of drug-likeness (QED) is 0.784. The molecular formula is C18H15F3N2O. The van der Waals surface area contributed by atoms with Gasteiger partial charge in [0.2, 0.25) is 5.84 Å². The zero-order chi connectivity index (χ0) is 16.9. The van der Waals surface area contributed by atoms with E-state index in [-0.39, 0.29) is 5.78 Å². The summed E-state index contributed by atoms with van der Waals surface area (Å²) in [6.45, 7) is 0. The van der Waals surface area contributed by atoms with E-state index in [1.54, 1.807) is 0 Å². The molecule has 2 aliphatic carbocycles. The second-order valence-electron chi connectivity index (χ2n) is 6.31. The SMILES string of the molecule is O=C1C=CC2(C=C1)N=C(C(F)(F)F)Nc1c2ccc2c1CCCC2. The molecule has 0 atom stereocenters. The van der Waals surface area contributed by atoms with Crippen LogP contribution in [0.25, 0.3) is 0 Å². The molecule has 3 nitrogen and oxygen atoms in total. The Bertz CT molecular complexity index is 802. The van der Waals surface area contributed by atoms with E-state index in [4.69, 9.17) is 0 Å². The number of nitrogens with one attached hydrogen (secondary N) is 1. The van der Waals surface area contributed by atoms with Crippen molar-refractivity contribution < 1.29 is 18.0 Å². The van der Waals surface area contributed by atoms with E-state index >= 15 is 0 Å². The first kappa shape index (κ1) is 15.2. The van der Waals surface area contributed by atoms with Gasteiger partial charge in [-0.15, -0.1) is 0 Å². The Morgan fingerprint density at radius 1 is 1.08 bits per heavy atom. The average Bonchev–Trinajstić information content (AvgIpc) is 2.56. The normalized spacial score (nSPS) is 21.1. The minimum absolute atomic E-state index is 0.248. The molecule has 0 amide bonds. The number of benzene rings is 1. The van der Waals surface area contributed by atoms with Crippen LogP contribution in [0.3, 0.4) is 0 Å². The largest absolute Gasteiger partial charge is 0.449 e. The van der Waals surface area contributed by atoms with Gasteiger partial charge >= 0.3 is 6.18 Å². The lowest BCUT2D eigenvalue weighted by Gasteiger charge is -2.36. The number of ketones is 1. The predicted octanol–water partition coefficient (Wildman–Crippen LogP) is 3.84. The predicted molar refractivity (Wildman–Crippen MR) is 85.2 cm³/mol. The third-order valence-electron chi connectivity index (χ3n) is 4.78. The number of carbonyl (C=O) groups is 1. The van der Waals surface area contributed by atoms with Crippen LogP contribution in [0.5, 0.6) is 0 Å². The van der Waals surface area contributed by atoms with Gasteiger partial charge in [-0.05, 0) is 61.1 Å². The highest BCUT2D eigenvalue weighted by Gasteiger charge is 2.45. The summed E-state index contributed by atoms with van der Waals surface area (Å²) < 4.78 is 40.1. The molecule has 124 valence electrons. The lowest BCUT2D eigenvalue weighted by atomic mass is 9.79. The summed E-state index contributed by atoms with van der Waals surface area (Å²) in [5, 5.41) is 2.52. The van der Waals surface area contributed by atoms with Crippen LogP contribution in [-0.2, 0) is 23.2 Å². The number of carbonyl (C=O) groups excluding carboxylic acids is 1. The Balaban J connectivity index is 1.95.